The summed E-state index contributed by atoms with van der Waals surface area (Å²) in [6, 6.07) is 12.0. The van der Waals surface area contributed by atoms with Crippen LogP contribution in [0.4, 0.5) is 0 Å². The Morgan fingerprint density at radius 1 is 1.25 bits per heavy atom. The van der Waals surface area contributed by atoms with Gasteiger partial charge in [0, 0.05) is 30.3 Å². The summed E-state index contributed by atoms with van der Waals surface area (Å²) in [6.07, 6.45) is 3.60. The molecule has 7 heteroatoms. The first-order valence-corrected chi connectivity index (χ1v) is 9.78. The predicted molar refractivity (Wildman–Crippen MR) is 104 cm³/mol. The smallest absolute Gasteiger partial charge is 0.257 e. The molecular weight excluding hydrogens is 354 g/mol. The third-order valence-electron chi connectivity index (χ3n) is 5.28. The molecule has 28 heavy (non-hydrogen) atoms. The predicted octanol–water partition coefficient (Wildman–Crippen LogP) is 3.17. The second-order valence-corrected chi connectivity index (χ2v) is 7.39. The van der Waals surface area contributed by atoms with Crippen LogP contribution < -0.4 is 0 Å². The summed E-state index contributed by atoms with van der Waals surface area (Å²) in [7, 11) is 0. The van der Waals surface area contributed by atoms with Crippen LogP contribution in [0.3, 0.4) is 0 Å². The van der Waals surface area contributed by atoms with Gasteiger partial charge in [-0.2, -0.15) is 10.1 Å². The molecule has 1 unspecified atom stereocenters. The summed E-state index contributed by atoms with van der Waals surface area (Å²) in [4.78, 5) is 19.3. The quantitative estimate of drug-likeness (QED) is 0.657. The van der Waals surface area contributed by atoms with Crippen molar-refractivity contribution in [1.82, 2.24) is 24.8 Å². The second-order valence-electron chi connectivity index (χ2n) is 7.39. The molecule has 0 aliphatic carbocycles. The fraction of sp³-hybridized carbons (Fsp3) is 0.429. The second kappa shape index (κ2) is 7.96. The minimum absolute atomic E-state index is 0.131. The Morgan fingerprint density at radius 3 is 2.82 bits per heavy atom. The van der Waals surface area contributed by atoms with Gasteiger partial charge in [-0.15, -0.1) is 0 Å². The van der Waals surface area contributed by atoms with Gasteiger partial charge in [-0.1, -0.05) is 23.4 Å². The van der Waals surface area contributed by atoms with Gasteiger partial charge in [0.15, 0.2) is 5.82 Å². The molecule has 3 heterocycles. The third-order valence-corrected chi connectivity index (χ3v) is 5.28. The van der Waals surface area contributed by atoms with Crippen LogP contribution in [0.5, 0.6) is 0 Å². The molecule has 1 saturated heterocycles. The molecule has 7 nitrogen and oxygen atoms in total. The van der Waals surface area contributed by atoms with Crippen molar-refractivity contribution in [3.8, 4) is 11.5 Å². The number of amides is 1. The van der Waals surface area contributed by atoms with E-state index in [4.69, 9.17) is 4.52 Å². The molecule has 1 aromatic carbocycles. The monoisotopic (exact) mass is 379 g/mol. The van der Waals surface area contributed by atoms with Gasteiger partial charge in [-0.3, -0.25) is 9.48 Å². The molecule has 0 radical (unpaired) electrons. The first kappa shape index (κ1) is 18.4. The largest absolute Gasteiger partial charge is 0.338 e. The molecule has 0 bridgehead atoms. The fourth-order valence-corrected chi connectivity index (χ4v) is 3.87. The molecule has 1 atom stereocenters. The molecule has 1 fully saturated rings. The minimum atomic E-state index is 0.131. The number of aromatic nitrogens is 4. The average molecular weight is 379 g/mol. The number of nitrogens with zero attached hydrogens (tertiary/aromatic N) is 5. The van der Waals surface area contributed by atoms with Crippen LogP contribution in [-0.2, 0) is 17.8 Å². The van der Waals surface area contributed by atoms with E-state index in [1.54, 1.807) is 4.68 Å². The highest BCUT2D eigenvalue weighted by molar-refractivity contribution is 5.76. The number of benzene rings is 1. The van der Waals surface area contributed by atoms with Gasteiger partial charge >= 0.3 is 0 Å². The highest BCUT2D eigenvalue weighted by atomic mass is 16.5. The highest BCUT2D eigenvalue weighted by Crippen LogP contribution is 2.23. The standard InChI is InChI=1S/C21H25N5O2/c1-15-13-16(2)26(23-15)14-20(27)25-12-6-9-18(25)10-11-19-22-21(28-24-19)17-7-4-3-5-8-17/h3-5,7-8,13,18H,6,9-12,14H2,1-2H3. The van der Waals surface area contributed by atoms with Crippen LogP contribution in [0.15, 0.2) is 40.9 Å². The summed E-state index contributed by atoms with van der Waals surface area (Å²) >= 11 is 0. The maximum absolute atomic E-state index is 12.8. The van der Waals surface area contributed by atoms with Crippen LogP contribution in [0, 0.1) is 13.8 Å². The topological polar surface area (TPSA) is 77.0 Å². The first-order valence-electron chi connectivity index (χ1n) is 9.78. The van der Waals surface area contributed by atoms with E-state index in [1.807, 2.05) is 55.1 Å². The van der Waals surface area contributed by atoms with E-state index >= 15 is 0 Å². The lowest BCUT2D eigenvalue weighted by molar-refractivity contribution is -0.133. The minimum Gasteiger partial charge on any atom is -0.338 e. The van der Waals surface area contributed by atoms with Gasteiger partial charge in [0.2, 0.25) is 5.91 Å². The van der Waals surface area contributed by atoms with Crippen molar-refractivity contribution in [2.75, 3.05) is 6.54 Å². The maximum atomic E-state index is 12.8. The van der Waals surface area contributed by atoms with Gasteiger partial charge in [-0.25, -0.2) is 0 Å². The maximum Gasteiger partial charge on any atom is 0.257 e. The molecule has 0 saturated carbocycles. The van der Waals surface area contributed by atoms with Crippen molar-refractivity contribution >= 4 is 5.91 Å². The lowest BCUT2D eigenvalue weighted by Gasteiger charge is -2.24. The van der Waals surface area contributed by atoms with Gasteiger partial charge in [0.1, 0.15) is 6.54 Å². The number of hydrogen-bond donors (Lipinski definition) is 0. The van der Waals surface area contributed by atoms with E-state index in [9.17, 15) is 4.79 Å². The molecule has 2 aromatic heterocycles. The Hall–Kier alpha value is -2.96. The van der Waals surface area contributed by atoms with Gasteiger partial charge in [-0.05, 0) is 51.3 Å². The number of hydrogen-bond acceptors (Lipinski definition) is 5. The Balaban J connectivity index is 1.36. The molecular formula is C21H25N5O2. The van der Waals surface area contributed by atoms with Crippen molar-refractivity contribution < 1.29 is 9.32 Å². The zero-order chi connectivity index (χ0) is 19.5. The number of rotatable bonds is 6. The lowest BCUT2D eigenvalue weighted by Crippen LogP contribution is -2.38. The molecule has 146 valence electrons. The molecule has 0 N–H and O–H groups in total. The summed E-state index contributed by atoms with van der Waals surface area (Å²) in [5.41, 5.74) is 2.88. The van der Waals surface area contributed by atoms with Crippen molar-refractivity contribution in [3.63, 3.8) is 0 Å². The van der Waals surface area contributed by atoms with Gasteiger partial charge < -0.3 is 9.42 Å². The SMILES string of the molecule is Cc1cc(C)n(CC(=O)N2CCCC2CCc2noc(-c3ccccc3)n2)n1. The first-order chi connectivity index (χ1) is 13.6. The summed E-state index contributed by atoms with van der Waals surface area (Å²) < 4.78 is 7.17. The lowest BCUT2D eigenvalue weighted by atomic mass is 10.1. The summed E-state index contributed by atoms with van der Waals surface area (Å²) in [5.74, 6) is 1.36. The summed E-state index contributed by atoms with van der Waals surface area (Å²) in [5, 5.41) is 8.51. The van der Waals surface area contributed by atoms with E-state index in [2.05, 4.69) is 15.2 Å². The van der Waals surface area contributed by atoms with Crippen LogP contribution in [0.2, 0.25) is 0 Å². The molecule has 3 aromatic rings. The van der Waals surface area contributed by atoms with Gasteiger partial charge in [0.25, 0.3) is 5.89 Å². The summed E-state index contributed by atoms with van der Waals surface area (Å²) in [6.45, 7) is 5.04. The zero-order valence-corrected chi connectivity index (χ0v) is 16.3. The number of carbonyl (C=O) groups excluding carboxylic acids is 1. The normalized spacial score (nSPS) is 16.6. The molecule has 1 aliphatic rings. The van der Waals surface area contributed by atoms with E-state index in [1.165, 1.54) is 0 Å². The van der Waals surface area contributed by atoms with Crippen LogP contribution in [0.25, 0.3) is 11.5 Å². The Morgan fingerprint density at radius 2 is 2.07 bits per heavy atom. The third kappa shape index (κ3) is 3.98. The molecule has 0 spiro atoms. The van der Waals surface area contributed by atoms with Crippen LogP contribution >= 0.6 is 0 Å². The molecule has 1 aliphatic heterocycles. The highest BCUT2D eigenvalue weighted by Gasteiger charge is 2.29. The average Bonchev–Trinajstić information content (AvgIpc) is 3.41. The zero-order valence-electron chi connectivity index (χ0n) is 16.3. The van der Waals surface area contributed by atoms with Crippen molar-refractivity contribution in [2.24, 2.45) is 0 Å². The van der Waals surface area contributed by atoms with Crippen LogP contribution in [-0.4, -0.2) is 43.3 Å². The molecule has 4 rings (SSSR count). The van der Waals surface area contributed by atoms with Gasteiger partial charge in [0.05, 0.1) is 5.69 Å². The Bertz CT molecular complexity index is 947. The van der Waals surface area contributed by atoms with E-state index < -0.39 is 0 Å². The van der Waals surface area contributed by atoms with Crippen molar-refractivity contribution in [2.45, 2.75) is 52.1 Å². The number of carbonyl (C=O) groups is 1. The van der Waals surface area contributed by atoms with Crippen LogP contribution in [0.1, 0.15) is 36.5 Å². The van der Waals surface area contributed by atoms with E-state index in [0.717, 1.165) is 42.8 Å². The fourth-order valence-electron chi connectivity index (χ4n) is 3.87. The van der Waals surface area contributed by atoms with E-state index in [0.29, 0.717) is 24.7 Å². The Kier molecular flexibility index (Phi) is 5.23. The number of likely N-dealkylation sites (tertiary alicyclic amines) is 1. The van der Waals surface area contributed by atoms with Crippen molar-refractivity contribution in [1.29, 1.82) is 0 Å². The number of aryl methyl sites for hydroxylation is 3. The Labute approximate surface area is 164 Å². The van der Waals surface area contributed by atoms with Crippen molar-refractivity contribution in [3.05, 3.63) is 53.6 Å². The molecule has 1 amide bonds. The van der Waals surface area contributed by atoms with E-state index in [-0.39, 0.29) is 11.9 Å².